The number of anilines is 1. The molecule has 102 valence electrons. The lowest BCUT2D eigenvalue weighted by Crippen LogP contribution is -2.54. The summed E-state index contributed by atoms with van der Waals surface area (Å²) in [5.74, 6) is 1.13. The van der Waals surface area contributed by atoms with E-state index < -0.39 is 0 Å². The highest BCUT2D eigenvalue weighted by Crippen LogP contribution is 2.29. The van der Waals surface area contributed by atoms with Gasteiger partial charge in [-0.25, -0.2) is 0 Å². The van der Waals surface area contributed by atoms with E-state index in [1.165, 1.54) is 11.4 Å². The molecule has 1 saturated heterocycles. The number of aryl methyl sites for hydroxylation is 1. The third kappa shape index (κ3) is 2.53. The molecule has 1 N–H and O–H groups in total. The first-order valence-corrected chi connectivity index (χ1v) is 7.01. The Bertz CT molecular complexity index is 394. The molecule has 0 aliphatic carbocycles. The van der Waals surface area contributed by atoms with E-state index in [1.807, 2.05) is 11.7 Å². The summed E-state index contributed by atoms with van der Waals surface area (Å²) < 4.78 is 1.95. The van der Waals surface area contributed by atoms with Crippen LogP contribution >= 0.6 is 0 Å². The molecule has 0 radical (unpaired) electrons. The lowest BCUT2D eigenvalue weighted by atomic mass is 9.99. The molecule has 1 aromatic rings. The molecule has 2 heterocycles. The number of nitrogens with zero attached hydrogens (tertiary/aromatic N) is 3. The summed E-state index contributed by atoms with van der Waals surface area (Å²) in [6.07, 6.45) is 2.18. The van der Waals surface area contributed by atoms with Crippen LogP contribution in [-0.4, -0.2) is 35.5 Å². The molecule has 1 aliphatic heterocycles. The Morgan fingerprint density at radius 3 is 2.67 bits per heavy atom. The van der Waals surface area contributed by atoms with E-state index in [0.29, 0.717) is 17.9 Å². The van der Waals surface area contributed by atoms with Crippen molar-refractivity contribution in [1.82, 2.24) is 15.1 Å². The van der Waals surface area contributed by atoms with Crippen LogP contribution in [0.1, 0.15) is 39.3 Å². The zero-order valence-electron chi connectivity index (χ0n) is 12.3. The van der Waals surface area contributed by atoms with Gasteiger partial charge >= 0.3 is 0 Å². The van der Waals surface area contributed by atoms with Crippen LogP contribution in [0.2, 0.25) is 0 Å². The first-order chi connectivity index (χ1) is 8.50. The summed E-state index contributed by atoms with van der Waals surface area (Å²) in [5.41, 5.74) is 2.55. The lowest BCUT2D eigenvalue weighted by Gasteiger charge is -2.40. The van der Waals surface area contributed by atoms with E-state index in [4.69, 9.17) is 0 Å². The van der Waals surface area contributed by atoms with Crippen LogP contribution in [0.25, 0.3) is 0 Å². The van der Waals surface area contributed by atoms with Crippen LogP contribution in [0.4, 0.5) is 5.69 Å². The van der Waals surface area contributed by atoms with Gasteiger partial charge in [0.05, 0.1) is 11.4 Å². The standard InChI is InChI=1S/C14H26N4/c1-10(2)12-8-15-6-7-18(12)13-9-17(5)16-14(13)11(3)4/h9-12,15H,6-8H2,1-5H3. The Morgan fingerprint density at radius 2 is 2.06 bits per heavy atom. The second kappa shape index (κ2) is 5.31. The van der Waals surface area contributed by atoms with Gasteiger partial charge in [-0.3, -0.25) is 4.68 Å². The largest absolute Gasteiger partial charge is 0.363 e. The van der Waals surface area contributed by atoms with E-state index in [9.17, 15) is 0 Å². The molecule has 2 rings (SSSR count). The quantitative estimate of drug-likeness (QED) is 0.890. The van der Waals surface area contributed by atoms with Crippen LogP contribution < -0.4 is 10.2 Å². The molecule has 1 fully saturated rings. The zero-order valence-corrected chi connectivity index (χ0v) is 12.3. The van der Waals surface area contributed by atoms with Gasteiger partial charge < -0.3 is 10.2 Å². The van der Waals surface area contributed by atoms with Gasteiger partial charge in [-0.1, -0.05) is 27.7 Å². The van der Waals surface area contributed by atoms with Gasteiger partial charge in [0, 0.05) is 38.9 Å². The fraction of sp³-hybridized carbons (Fsp3) is 0.786. The monoisotopic (exact) mass is 250 g/mol. The summed E-state index contributed by atoms with van der Waals surface area (Å²) >= 11 is 0. The molecule has 0 saturated carbocycles. The second-order valence-corrected chi connectivity index (χ2v) is 5.94. The van der Waals surface area contributed by atoms with Gasteiger partial charge in [-0.05, 0) is 11.8 Å². The molecule has 1 unspecified atom stereocenters. The van der Waals surface area contributed by atoms with Crippen molar-refractivity contribution in [3.05, 3.63) is 11.9 Å². The molecule has 4 nitrogen and oxygen atoms in total. The number of piperazine rings is 1. The number of hydrogen-bond acceptors (Lipinski definition) is 3. The molecule has 18 heavy (non-hydrogen) atoms. The first kappa shape index (κ1) is 13.4. The van der Waals surface area contributed by atoms with Crippen LogP contribution in [0, 0.1) is 5.92 Å². The van der Waals surface area contributed by atoms with Crippen LogP contribution in [-0.2, 0) is 7.05 Å². The van der Waals surface area contributed by atoms with Crippen molar-refractivity contribution >= 4 is 5.69 Å². The Hall–Kier alpha value is -1.03. The SMILES string of the molecule is CC(C)c1nn(C)cc1N1CCNCC1C(C)C. The third-order valence-corrected chi connectivity index (χ3v) is 3.75. The molecular formula is C14H26N4. The highest BCUT2D eigenvalue weighted by atomic mass is 15.3. The van der Waals surface area contributed by atoms with Gasteiger partial charge in [0.25, 0.3) is 0 Å². The zero-order chi connectivity index (χ0) is 13.3. The molecule has 1 aliphatic rings. The van der Waals surface area contributed by atoms with Crippen molar-refractivity contribution in [2.45, 2.75) is 39.7 Å². The number of hydrogen-bond donors (Lipinski definition) is 1. The Labute approximate surface area is 110 Å². The number of nitrogens with one attached hydrogen (secondary N) is 1. The molecular weight excluding hydrogens is 224 g/mol. The topological polar surface area (TPSA) is 33.1 Å². The number of rotatable bonds is 3. The van der Waals surface area contributed by atoms with Crippen LogP contribution in [0.5, 0.6) is 0 Å². The van der Waals surface area contributed by atoms with E-state index >= 15 is 0 Å². The second-order valence-electron chi connectivity index (χ2n) is 5.94. The Morgan fingerprint density at radius 1 is 1.33 bits per heavy atom. The van der Waals surface area contributed by atoms with Crippen molar-refractivity contribution in [2.24, 2.45) is 13.0 Å². The van der Waals surface area contributed by atoms with Crippen molar-refractivity contribution in [2.75, 3.05) is 24.5 Å². The summed E-state index contributed by atoms with van der Waals surface area (Å²) in [6.45, 7) is 12.3. The predicted molar refractivity (Wildman–Crippen MR) is 76.1 cm³/mol. The summed E-state index contributed by atoms with van der Waals surface area (Å²) in [7, 11) is 2.02. The van der Waals surface area contributed by atoms with Gasteiger partial charge in [-0.15, -0.1) is 0 Å². The maximum absolute atomic E-state index is 4.63. The fourth-order valence-corrected chi connectivity index (χ4v) is 2.75. The highest BCUT2D eigenvalue weighted by Gasteiger charge is 2.28. The van der Waals surface area contributed by atoms with Crippen molar-refractivity contribution < 1.29 is 0 Å². The van der Waals surface area contributed by atoms with Crippen LogP contribution in [0.15, 0.2) is 6.20 Å². The minimum absolute atomic E-state index is 0.476. The van der Waals surface area contributed by atoms with Gasteiger partial charge in [0.15, 0.2) is 0 Å². The first-order valence-electron chi connectivity index (χ1n) is 7.01. The van der Waals surface area contributed by atoms with E-state index in [2.05, 4.69) is 49.2 Å². The third-order valence-electron chi connectivity index (χ3n) is 3.75. The normalized spacial score (nSPS) is 21.1. The minimum atomic E-state index is 0.476. The van der Waals surface area contributed by atoms with Gasteiger partial charge in [-0.2, -0.15) is 5.10 Å². The van der Waals surface area contributed by atoms with Crippen molar-refractivity contribution in [3.8, 4) is 0 Å². The van der Waals surface area contributed by atoms with Crippen molar-refractivity contribution in [3.63, 3.8) is 0 Å². The molecule has 0 amide bonds. The Kier molecular flexibility index (Phi) is 3.95. The smallest absolute Gasteiger partial charge is 0.0883 e. The molecule has 1 atom stereocenters. The highest BCUT2D eigenvalue weighted by molar-refractivity contribution is 5.52. The summed E-state index contributed by atoms with van der Waals surface area (Å²) in [4.78, 5) is 2.55. The van der Waals surface area contributed by atoms with Crippen LogP contribution in [0.3, 0.4) is 0 Å². The molecule has 0 bridgehead atoms. The summed E-state index contributed by atoms with van der Waals surface area (Å²) in [5, 5.41) is 8.14. The van der Waals surface area contributed by atoms with Crippen molar-refractivity contribution in [1.29, 1.82) is 0 Å². The molecule has 0 aromatic carbocycles. The summed E-state index contributed by atoms with van der Waals surface area (Å²) in [6, 6.07) is 0.570. The Balaban J connectivity index is 2.33. The maximum Gasteiger partial charge on any atom is 0.0883 e. The van der Waals surface area contributed by atoms with Gasteiger partial charge in [0.2, 0.25) is 0 Å². The average molecular weight is 250 g/mol. The number of aromatic nitrogens is 2. The average Bonchev–Trinajstić information content (AvgIpc) is 2.71. The van der Waals surface area contributed by atoms with E-state index in [-0.39, 0.29) is 0 Å². The minimum Gasteiger partial charge on any atom is -0.363 e. The lowest BCUT2D eigenvalue weighted by molar-refractivity contribution is 0.389. The molecule has 4 heteroatoms. The van der Waals surface area contributed by atoms with E-state index in [1.54, 1.807) is 0 Å². The van der Waals surface area contributed by atoms with Gasteiger partial charge in [0.1, 0.15) is 0 Å². The predicted octanol–water partition coefficient (Wildman–Crippen LogP) is 1.98. The fourth-order valence-electron chi connectivity index (χ4n) is 2.75. The van der Waals surface area contributed by atoms with E-state index in [0.717, 1.165) is 19.6 Å². The molecule has 1 aromatic heterocycles. The molecule has 0 spiro atoms. The maximum atomic E-state index is 4.63.